The van der Waals surface area contributed by atoms with Gasteiger partial charge in [0.05, 0.1) is 4.47 Å². The molecule has 0 spiro atoms. The van der Waals surface area contributed by atoms with E-state index in [1.165, 1.54) is 0 Å². The van der Waals surface area contributed by atoms with E-state index in [0.29, 0.717) is 12.1 Å². The summed E-state index contributed by atoms with van der Waals surface area (Å²) in [6.07, 6.45) is -7.04. The van der Waals surface area contributed by atoms with E-state index in [9.17, 15) is 48.7 Å². The zero-order valence-electron chi connectivity index (χ0n) is 10.3. The van der Waals surface area contributed by atoms with Gasteiger partial charge in [0.25, 0.3) is 0 Å². The minimum atomic E-state index is -7.19. The average Bonchev–Trinajstić information content (AvgIpc) is 2.39. The summed E-state index contributed by atoms with van der Waals surface area (Å²) >= 11 is 2.54. The van der Waals surface area contributed by atoms with E-state index >= 15 is 0 Å². The molecule has 0 saturated heterocycles. The molecule has 23 heavy (non-hydrogen) atoms. The van der Waals surface area contributed by atoms with Gasteiger partial charge < -0.3 is 0 Å². The van der Waals surface area contributed by atoms with Gasteiger partial charge in [-0.1, -0.05) is 0 Å². The molecule has 0 fully saturated rings. The number of rotatable bonds is 4. The number of alkyl halides is 9. The van der Waals surface area contributed by atoms with Crippen LogP contribution in [0.2, 0.25) is 0 Å². The van der Waals surface area contributed by atoms with Gasteiger partial charge in [-0.2, -0.15) is 39.5 Å². The summed E-state index contributed by atoms with van der Waals surface area (Å²) in [5.41, 5.74) is -1.51. The van der Waals surface area contributed by atoms with Crippen LogP contribution in [0.5, 0.6) is 0 Å². The second-order valence-electron chi connectivity index (χ2n) is 4.18. The standard InChI is InChI=1S/C11H3BrF10O/c12-5-2-1-4(3-6(5)13)7(23)8(14,15)9(16,17)10(18,19)11(20,21)22/h1-3H. The van der Waals surface area contributed by atoms with Gasteiger partial charge in [-0.15, -0.1) is 0 Å². The van der Waals surface area contributed by atoms with Crippen LogP contribution >= 0.6 is 15.9 Å². The van der Waals surface area contributed by atoms with Gasteiger partial charge >= 0.3 is 23.9 Å². The molecule has 0 atom stereocenters. The Labute approximate surface area is 129 Å². The Balaban J connectivity index is 3.38. The van der Waals surface area contributed by atoms with E-state index in [-0.39, 0.29) is 10.5 Å². The smallest absolute Gasteiger partial charge is 0.287 e. The third kappa shape index (κ3) is 3.04. The molecule has 0 radical (unpaired) electrons. The molecule has 1 nitrogen and oxygen atoms in total. The molecule has 0 N–H and O–H groups in total. The van der Waals surface area contributed by atoms with E-state index in [1.807, 2.05) is 0 Å². The van der Waals surface area contributed by atoms with Crippen LogP contribution in [-0.2, 0) is 0 Å². The van der Waals surface area contributed by atoms with E-state index in [2.05, 4.69) is 15.9 Å². The summed E-state index contributed by atoms with van der Waals surface area (Å²) in [5.74, 6) is -25.2. The maximum Gasteiger partial charge on any atom is 0.460 e. The molecule has 0 aliphatic heterocycles. The van der Waals surface area contributed by atoms with Crippen LogP contribution in [-0.4, -0.2) is 29.7 Å². The Morgan fingerprint density at radius 2 is 1.35 bits per heavy atom. The van der Waals surface area contributed by atoms with Gasteiger partial charge in [-0.05, 0) is 34.1 Å². The zero-order valence-corrected chi connectivity index (χ0v) is 11.9. The number of carbonyl (C=O) groups excluding carboxylic acids is 1. The van der Waals surface area contributed by atoms with Crippen LogP contribution in [0.15, 0.2) is 22.7 Å². The fourth-order valence-corrected chi connectivity index (χ4v) is 1.58. The van der Waals surface area contributed by atoms with Gasteiger partial charge in [-0.25, -0.2) is 4.39 Å². The van der Waals surface area contributed by atoms with Gasteiger partial charge in [0.2, 0.25) is 5.78 Å². The Morgan fingerprint density at radius 3 is 1.74 bits per heavy atom. The van der Waals surface area contributed by atoms with E-state index in [0.717, 1.165) is 0 Å². The summed E-state index contributed by atoms with van der Waals surface area (Å²) < 4.78 is 126. The second-order valence-corrected chi connectivity index (χ2v) is 5.03. The van der Waals surface area contributed by atoms with Crippen LogP contribution in [0.3, 0.4) is 0 Å². The largest absolute Gasteiger partial charge is 0.460 e. The van der Waals surface area contributed by atoms with E-state index < -0.39 is 41.1 Å². The predicted molar refractivity (Wildman–Crippen MR) is 59.3 cm³/mol. The van der Waals surface area contributed by atoms with Gasteiger partial charge in [-0.3, -0.25) is 4.79 Å². The molecular weight excluding hydrogens is 418 g/mol. The molecule has 1 aromatic carbocycles. The number of halogens is 11. The lowest BCUT2D eigenvalue weighted by atomic mass is 9.96. The molecule has 0 heterocycles. The fourth-order valence-electron chi connectivity index (χ4n) is 1.34. The first-order valence-electron chi connectivity index (χ1n) is 5.27. The highest BCUT2D eigenvalue weighted by Crippen LogP contribution is 2.53. The first kappa shape index (κ1) is 19.7. The van der Waals surface area contributed by atoms with Crippen LogP contribution in [0.1, 0.15) is 10.4 Å². The third-order valence-electron chi connectivity index (χ3n) is 2.61. The Bertz CT molecular complexity index is 622. The Hall–Kier alpha value is -1.33. The number of benzene rings is 1. The van der Waals surface area contributed by atoms with Crippen molar-refractivity contribution < 1.29 is 48.7 Å². The van der Waals surface area contributed by atoms with Gasteiger partial charge in [0.15, 0.2) is 0 Å². The van der Waals surface area contributed by atoms with Crippen molar-refractivity contribution in [3.05, 3.63) is 34.1 Å². The number of hydrogen-bond acceptors (Lipinski definition) is 1. The lowest BCUT2D eigenvalue weighted by Gasteiger charge is -2.32. The van der Waals surface area contributed by atoms with Crippen LogP contribution in [0.25, 0.3) is 0 Å². The number of Topliss-reactive ketones (excluding diaryl/α,β-unsaturated/α-hetero) is 1. The molecule has 0 unspecified atom stereocenters. The topological polar surface area (TPSA) is 17.1 Å². The summed E-state index contributed by atoms with van der Waals surface area (Å²) in [5, 5.41) is 0. The zero-order chi connectivity index (χ0) is 18.4. The molecule has 0 aliphatic rings. The quantitative estimate of drug-likeness (QED) is 0.481. The SMILES string of the molecule is O=C(c1ccc(Br)c(F)c1)C(F)(F)C(F)(F)C(F)(F)C(F)(F)F. The molecule has 0 bridgehead atoms. The van der Waals surface area contributed by atoms with Gasteiger partial charge in [0, 0.05) is 5.56 Å². The molecule has 1 rings (SSSR count). The van der Waals surface area contributed by atoms with E-state index in [1.54, 1.807) is 0 Å². The highest BCUT2D eigenvalue weighted by atomic mass is 79.9. The number of ketones is 1. The van der Waals surface area contributed by atoms with Crippen molar-refractivity contribution in [1.29, 1.82) is 0 Å². The van der Waals surface area contributed by atoms with Crippen molar-refractivity contribution in [3.63, 3.8) is 0 Å². The first-order chi connectivity index (χ1) is 10.1. The fraction of sp³-hybridized carbons (Fsp3) is 0.364. The predicted octanol–water partition coefficient (Wildman–Crippen LogP) is 5.24. The highest BCUT2D eigenvalue weighted by molar-refractivity contribution is 9.10. The Morgan fingerprint density at radius 1 is 0.870 bits per heavy atom. The number of carbonyl (C=O) groups is 1. The lowest BCUT2D eigenvalue weighted by Crippen LogP contribution is -2.63. The molecule has 0 saturated carbocycles. The van der Waals surface area contributed by atoms with Gasteiger partial charge in [0.1, 0.15) is 5.82 Å². The summed E-state index contributed by atoms with van der Waals surface area (Å²) in [7, 11) is 0. The average molecular weight is 421 g/mol. The minimum absolute atomic E-state index is 0.0118. The number of hydrogen-bond donors (Lipinski definition) is 0. The molecular formula is C11H3BrF10O. The monoisotopic (exact) mass is 420 g/mol. The van der Waals surface area contributed by atoms with Crippen molar-refractivity contribution in [1.82, 2.24) is 0 Å². The lowest BCUT2D eigenvalue weighted by molar-refractivity contribution is -0.386. The van der Waals surface area contributed by atoms with Crippen LogP contribution < -0.4 is 0 Å². The third-order valence-corrected chi connectivity index (χ3v) is 3.25. The first-order valence-corrected chi connectivity index (χ1v) is 6.06. The van der Waals surface area contributed by atoms with E-state index in [4.69, 9.17) is 0 Å². The maximum absolute atomic E-state index is 13.3. The maximum atomic E-state index is 13.3. The van der Waals surface area contributed by atoms with Crippen molar-refractivity contribution in [2.75, 3.05) is 0 Å². The molecule has 12 heteroatoms. The normalized spacial score (nSPS) is 14.0. The van der Waals surface area contributed by atoms with Crippen molar-refractivity contribution in [3.8, 4) is 0 Å². The molecule has 0 aromatic heterocycles. The molecule has 130 valence electrons. The molecule has 0 aliphatic carbocycles. The summed E-state index contributed by atoms with van der Waals surface area (Å²) in [6.45, 7) is 0. The second kappa shape index (κ2) is 5.64. The van der Waals surface area contributed by atoms with Crippen molar-refractivity contribution >= 4 is 21.7 Å². The van der Waals surface area contributed by atoms with Crippen molar-refractivity contribution in [2.24, 2.45) is 0 Å². The summed E-state index contributed by atoms with van der Waals surface area (Å²) in [6, 6.07) is 0.950. The van der Waals surface area contributed by atoms with Crippen LogP contribution in [0, 0.1) is 5.82 Å². The van der Waals surface area contributed by atoms with Crippen LogP contribution in [0.4, 0.5) is 43.9 Å². The van der Waals surface area contributed by atoms with Crippen molar-refractivity contribution in [2.45, 2.75) is 23.9 Å². The molecule has 1 aromatic rings. The molecule has 0 amide bonds. The Kier molecular flexibility index (Phi) is 4.83. The minimum Gasteiger partial charge on any atom is -0.287 e. The summed E-state index contributed by atoms with van der Waals surface area (Å²) in [4.78, 5) is 11.2. The highest BCUT2D eigenvalue weighted by Gasteiger charge is 2.83.